The van der Waals surface area contributed by atoms with E-state index in [-0.39, 0.29) is 11.8 Å². The second-order valence-electron chi connectivity index (χ2n) is 5.85. The average molecular weight is 360 g/mol. The molecular formula is C18H17FN2O5. The first-order valence-electron chi connectivity index (χ1n) is 8.12. The van der Waals surface area contributed by atoms with Crippen LogP contribution in [-0.4, -0.2) is 30.1 Å². The Hall–Kier alpha value is -3.00. The van der Waals surface area contributed by atoms with Crippen LogP contribution in [0.4, 0.5) is 15.8 Å². The largest absolute Gasteiger partial charge is 0.491 e. The Bertz CT molecular complexity index is 821. The van der Waals surface area contributed by atoms with Crippen LogP contribution < -0.4 is 10.1 Å². The predicted octanol–water partition coefficient (Wildman–Crippen LogP) is 3.54. The van der Waals surface area contributed by atoms with E-state index in [0.29, 0.717) is 17.9 Å². The molecule has 0 aliphatic carbocycles. The Morgan fingerprint density at radius 1 is 1.35 bits per heavy atom. The summed E-state index contributed by atoms with van der Waals surface area (Å²) >= 11 is 0. The molecule has 1 aliphatic heterocycles. The number of halogens is 1. The highest BCUT2D eigenvalue weighted by Gasteiger charge is 2.17. The Morgan fingerprint density at radius 2 is 2.19 bits per heavy atom. The van der Waals surface area contributed by atoms with Gasteiger partial charge in [-0.1, -0.05) is 6.07 Å². The van der Waals surface area contributed by atoms with Crippen molar-refractivity contribution in [1.82, 2.24) is 0 Å². The van der Waals surface area contributed by atoms with Gasteiger partial charge in [0.15, 0.2) is 0 Å². The number of hydrogen-bond donors (Lipinski definition) is 1. The number of nitrogens with one attached hydrogen (secondary N) is 1. The molecule has 0 bridgehead atoms. The molecule has 1 fully saturated rings. The first-order chi connectivity index (χ1) is 12.5. The van der Waals surface area contributed by atoms with Gasteiger partial charge in [0.2, 0.25) is 5.82 Å². The molecule has 1 atom stereocenters. The first kappa shape index (κ1) is 17.8. The monoisotopic (exact) mass is 360 g/mol. The minimum absolute atomic E-state index is 0.0623. The molecule has 0 aromatic heterocycles. The molecule has 2 aromatic carbocycles. The highest BCUT2D eigenvalue weighted by Crippen LogP contribution is 2.23. The van der Waals surface area contributed by atoms with Gasteiger partial charge in [0, 0.05) is 23.9 Å². The van der Waals surface area contributed by atoms with Crippen LogP contribution in [0, 0.1) is 15.9 Å². The summed E-state index contributed by atoms with van der Waals surface area (Å²) in [6.07, 6.45) is 2.02. The van der Waals surface area contributed by atoms with E-state index in [4.69, 9.17) is 9.47 Å². The van der Waals surface area contributed by atoms with Crippen LogP contribution in [0.2, 0.25) is 0 Å². The lowest BCUT2D eigenvalue weighted by molar-refractivity contribution is -0.387. The lowest BCUT2D eigenvalue weighted by Gasteiger charge is -2.12. The number of carbonyl (C=O) groups is 1. The molecule has 0 unspecified atom stereocenters. The van der Waals surface area contributed by atoms with E-state index in [0.717, 1.165) is 31.6 Å². The minimum atomic E-state index is -0.961. The van der Waals surface area contributed by atoms with Gasteiger partial charge in [0.05, 0.1) is 11.0 Å². The molecule has 1 heterocycles. The molecule has 8 heteroatoms. The summed E-state index contributed by atoms with van der Waals surface area (Å²) in [6.45, 7) is 1.15. The second kappa shape index (κ2) is 7.92. The van der Waals surface area contributed by atoms with Crippen molar-refractivity contribution in [3.63, 3.8) is 0 Å². The van der Waals surface area contributed by atoms with Crippen molar-refractivity contribution in [2.75, 3.05) is 18.5 Å². The number of anilines is 1. The van der Waals surface area contributed by atoms with Crippen LogP contribution in [0.5, 0.6) is 5.75 Å². The summed E-state index contributed by atoms with van der Waals surface area (Å²) in [5.41, 5.74) is -0.243. The third-order valence-corrected chi connectivity index (χ3v) is 3.96. The van der Waals surface area contributed by atoms with E-state index >= 15 is 0 Å². The zero-order valence-corrected chi connectivity index (χ0v) is 13.8. The number of hydrogen-bond acceptors (Lipinski definition) is 5. The van der Waals surface area contributed by atoms with Crippen LogP contribution in [0.25, 0.3) is 0 Å². The lowest BCUT2D eigenvalue weighted by atomic mass is 10.2. The number of nitro groups is 1. The van der Waals surface area contributed by atoms with E-state index in [1.54, 1.807) is 24.3 Å². The van der Waals surface area contributed by atoms with Gasteiger partial charge < -0.3 is 14.8 Å². The quantitative estimate of drug-likeness (QED) is 0.628. The zero-order valence-electron chi connectivity index (χ0n) is 13.8. The van der Waals surface area contributed by atoms with Crippen molar-refractivity contribution in [3.05, 3.63) is 64.0 Å². The summed E-state index contributed by atoms with van der Waals surface area (Å²) in [5, 5.41) is 13.3. The number of rotatable bonds is 6. The number of nitro benzene ring substituents is 1. The SMILES string of the molecule is O=C(Nc1ccc(F)c([N+](=O)[O-])c1)c1cccc(OC[C@H]2CCCO2)c1. The number of nitrogens with zero attached hydrogens (tertiary/aromatic N) is 1. The van der Waals surface area contributed by atoms with Crippen molar-refractivity contribution in [3.8, 4) is 5.75 Å². The summed E-state index contributed by atoms with van der Waals surface area (Å²) in [4.78, 5) is 22.3. The zero-order chi connectivity index (χ0) is 18.5. The fourth-order valence-electron chi connectivity index (χ4n) is 2.63. The van der Waals surface area contributed by atoms with Crippen LogP contribution in [0.15, 0.2) is 42.5 Å². The highest BCUT2D eigenvalue weighted by atomic mass is 19.1. The van der Waals surface area contributed by atoms with E-state index in [1.165, 1.54) is 6.07 Å². The van der Waals surface area contributed by atoms with Gasteiger partial charge in [-0.25, -0.2) is 0 Å². The van der Waals surface area contributed by atoms with Gasteiger partial charge in [-0.2, -0.15) is 4.39 Å². The average Bonchev–Trinajstić information content (AvgIpc) is 3.15. The van der Waals surface area contributed by atoms with E-state index in [2.05, 4.69) is 5.32 Å². The molecule has 3 rings (SSSR count). The van der Waals surface area contributed by atoms with Crippen molar-refractivity contribution >= 4 is 17.3 Å². The molecule has 7 nitrogen and oxygen atoms in total. The number of ether oxygens (including phenoxy) is 2. The molecule has 136 valence electrons. The molecule has 1 saturated heterocycles. The molecule has 1 aliphatic rings. The standard InChI is InChI=1S/C18H17FN2O5/c19-16-7-6-13(10-17(16)21(23)24)20-18(22)12-3-1-4-14(9-12)26-11-15-5-2-8-25-15/h1,3-4,6-7,9-10,15H,2,5,8,11H2,(H,20,22)/t15-/m1/s1. The Labute approximate surface area is 148 Å². The summed E-state index contributed by atoms with van der Waals surface area (Å²) in [5.74, 6) is -0.913. The van der Waals surface area contributed by atoms with Crippen molar-refractivity contribution in [1.29, 1.82) is 0 Å². The van der Waals surface area contributed by atoms with Crippen molar-refractivity contribution < 1.29 is 23.6 Å². The fourth-order valence-corrected chi connectivity index (χ4v) is 2.63. The molecule has 2 aromatic rings. The number of carbonyl (C=O) groups excluding carboxylic acids is 1. The molecule has 0 saturated carbocycles. The third kappa shape index (κ3) is 4.34. The van der Waals surface area contributed by atoms with E-state index in [1.807, 2.05) is 0 Å². The Morgan fingerprint density at radius 3 is 2.92 bits per heavy atom. The highest BCUT2D eigenvalue weighted by molar-refractivity contribution is 6.04. The normalized spacial score (nSPS) is 16.3. The summed E-state index contributed by atoms with van der Waals surface area (Å²) < 4.78 is 24.5. The third-order valence-electron chi connectivity index (χ3n) is 3.96. The molecule has 1 N–H and O–H groups in total. The Balaban J connectivity index is 1.67. The molecule has 1 amide bonds. The van der Waals surface area contributed by atoms with Crippen molar-refractivity contribution in [2.24, 2.45) is 0 Å². The maximum absolute atomic E-state index is 13.4. The van der Waals surface area contributed by atoms with Gasteiger partial charge in [0.1, 0.15) is 12.4 Å². The molecule has 0 spiro atoms. The fraction of sp³-hybridized carbons (Fsp3) is 0.278. The van der Waals surface area contributed by atoms with Gasteiger partial charge in [-0.3, -0.25) is 14.9 Å². The van der Waals surface area contributed by atoms with E-state index < -0.39 is 22.3 Å². The smallest absolute Gasteiger partial charge is 0.306 e. The van der Waals surface area contributed by atoms with Gasteiger partial charge in [-0.15, -0.1) is 0 Å². The maximum atomic E-state index is 13.4. The first-order valence-corrected chi connectivity index (χ1v) is 8.12. The lowest BCUT2D eigenvalue weighted by Crippen LogP contribution is -2.17. The predicted molar refractivity (Wildman–Crippen MR) is 91.9 cm³/mol. The summed E-state index contributed by atoms with van der Waals surface area (Å²) in [6, 6.07) is 9.74. The van der Waals surface area contributed by atoms with Crippen LogP contribution in [-0.2, 0) is 4.74 Å². The van der Waals surface area contributed by atoms with Gasteiger partial charge >= 0.3 is 5.69 Å². The molecule has 0 radical (unpaired) electrons. The second-order valence-corrected chi connectivity index (χ2v) is 5.85. The summed E-state index contributed by atoms with van der Waals surface area (Å²) in [7, 11) is 0. The van der Waals surface area contributed by atoms with E-state index in [9.17, 15) is 19.3 Å². The number of amides is 1. The van der Waals surface area contributed by atoms with Crippen LogP contribution in [0.3, 0.4) is 0 Å². The number of benzene rings is 2. The maximum Gasteiger partial charge on any atom is 0.306 e. The topological polar surface area (TPSA) is 90.7 Å². The molecular weight excluding hydrogens is 343 g/mol. The van der Waals surface area contributed by atoms with Gasteiger partial charge in [0.25, 0.3) is 5.91 Å². The van der Waals surface area contributed by atoms with Crippen LogP contribution in [0.1, 0.15) is 23.2 Å². The van der Waals surface area contributed by atoms with Crippen LogP contribution >= 0.6 is 0 Å². The molecule has 26 heavy (non-hydrogen) atoms. The van der Waals surface area contributed by atoms with Gasteiger partial charge in [-0.05, 0) is 43.2 Å². The Kier molecular flexibility index (Phi) is 5.43. The minimum Gasteiger partial charge on any atom is -0.491 e. The van der Waals surface area contributed by atoms with Crippen molar-refractivity contribution in [2.45, 2.75) is 18.9 Å².